The summed E-state index contributed by atoms with van der Waals surface area (Å²) in [5.74, 6) is 1.46. The molecule has 0 unspecified atom stereocenters. The number of thiazole rings is 1. The number of nitrogens with one attached hydrogen (secondary N) is 1. The van der Waals surface area contributed by atoms with Gasteiger partial charge in [-0.05, 0) is 38.5 Å². The number of nitrogens with zero attached hydrogens (tertiary/aromatic N) is 4. The van der Waals surface area contributed by atoms with Crippen molar-refractivity contribution in [3.05, 3.63) is 27.3 Å². The molecular weight excluding hydrogens is 350 g/mol. The van der Waals surface area contributed by atoms with Crippen molar-refractivity contribution in [3.8, 4) is 0 Å². The second-order valence-electron chi connectivity index (χ2n) is 7.12. The quantitative estimate of drug-likeness (QED) is 0.888. The largest absolute Gasteiger partial charge is 0.340 e. The van der Waals surface area contributed by atoms with Gasteiger partial charge in [0.1, 0.15) is 0 Å². The van der Waals surface area contributed by atoms with Gasteiger partial charge in [0.05, 0.1) is 10.7 Å². The van der Waals surface area contributed by atoms with Crippen molar-refractivity contribution >= 4 is 17.4 Å². The highest BCUT2D eigenvalue weighted by molar-refractivity contribution is 7.11. The van der Waals surface area contributed by atoms with Gasteiger partial charge in [-0.2, -0.15) is 4.98 Å². The van der Waals surface area contributed by atoms with Gasteiger partial charge in [-0.1, -0.05) is 5.16 Å². The number of hydrogen-bond acceptors (Lipinski definition) is 6. The molecule has 0 saturated carbocycles. The maximum absolute atomic E-state index is 12.5. The van der Waals surface area contributed by atoms with Crippen LogP contribution in [0.5, 0.6) is 0 Å². The minimum atomic E-state index is -0.00348. The van der Waals surface area contributed by atoms with E-state index in [1.54, 1.807) is 6.92 Å². The smallest absolute Gasteiger partial charge is 0.317 e. The Morgan fingerprint density at radius 3 is 3.00 bits per heavy atom. The summed E-state index contributed by atoms with van der Waals surface area (Å²) in [6.07, 6.45) is 7.58. The number of aromatic nitrogens is 3. The standard InChI is InChI=1S/C18H25N5O2S/c1-12-20-17(22-25-12)13-5-4-10-23(11-13)18(24)19-9-8-16-21-14-6-2-3-7-15(14)26-16/h13H,2-11H2,1H3,(H,19,24)/t13-/m1/s1. The number of amides is 2. The molecule has 1 aliphatic carbocycles. The highest BCUT2D eigenvalue weighted by Gasteiger charge is 2.27. The predicted octanol–water partition coefficient (Wildman–Crippen LogP) is 2.85. The molecule has 2 aromatic heterocycles. The summed E-state index contributed by atoms with van der Waals surface area (Å²) < 4.78 is 5.08. The summed E-state index contributed by atoms with van der Waals surface area (Å²) in [7, 11) is 0. The van der Waals surface area contributed by atoms with Gasteiger partial charge in [-0.25, -0.2) is 9.78 Å². The van der Waals surface area contributed by atoms with Crippen LogP contribution in [0.2, 0.25) is 0 Å². The van der Waals surface area contributed by atoms with Gasteiger partial charge in [-0.15, -0.1) is 11.3 Å². The van der Waals surface area contributed by atoms with Crippen LogP contribution in [0.4, 0.5) is 4.79 Å². The third-order valence-electron chi connectivity index (χ3n) is 5.12. The number of piperidine rings is 1. The molecule has 0 aromatic carbocycles. The molecular formula is C18H25N5O2S. The lowest BCUT2D eigenvalue weighted by Crippen LogP contribution is -2.45. The summed E-state index contributed by atoms with van der Waals surface area (Å²) in [6.45, 7) is 3.86. The summed E-state index contributed by atoms with van der Waals surface area (Å²) >= 11 is 1.82. The maximum atomic E-state index is 12.5. The van der Waals surface area contributed by atoms with E-state index in [0.29, 0.717) is 24.8 Å². The van der Waals surface area contributed by atoms with Crippen LogP contribution in [0.15, 0.2) is 4.52 Å². The van der Waals surface area contributed by atoms with Crippen molar-refractivity contribution in [1.82, 2.24) is 25.3 Å². The van der Waals surface area contributed by atoms with Crippen molar-refractivity contribution < 1.29 is 9.32 Å². The Bertz CT molecular complexity index is 748. The number of hydrogen-bond donors (Lipinski definition) is 1. The number of carbonyl (C=O) groups is 1. The van der Waals surface area contributed by atoms with E-state index in [1.165, 1.54) is 29.8 Å². The van der Waals surface area contributed by atoms with E-state index in [1.807, 2.05) is 16.2 Å². The van der Waals surface area contributed by atoms with Gasteiger partial charge in [-0.3, -0.25) is 0 Å². The van der Waals surface area contributed by atoms with E-state index in [9.17, 15) is 4.79 Å². The minimum absolute atomic E-state index is 0.00348. The number of rotatable bonds is 4. The molecule has 0 radical (unpaired) electrons. The fourth-order valence-corrected chi connectivity index (χ4v) is 4.91. The predicted molar refractivity (Wildman–Crippen MR) is 98.4 cm³/mol. The van der Waals surface area contributed by atoms with E-state index < -0.39 is 0 Å². The summed E-state index contributed by atoms with van der Waals surface area (Å²) in [5.41, 5.74) is 1.29. The van der Waals surface area contributed by atoms with Gasteiger partial charge >= 0.3 is 6.03 Å². The van der Waals surface area contributed by atoms with Crippen LogP contribution in [-0.2, 0) is 19.3 Å². The van der Waals surface area contributed by atoms with E-state index in [-0.39, 0.29) is 11.9 Å². The average Bonchev–Trinajstić information content (AvgIpc) is 3.27. The van der Waals surface area contributed by atoms with Gasteiger partial charge in [0.2, 0.25) is 5.89 Å². The van der Waals surface area contributed by atoms with E-state index in [4.69, 9.17) is 9.51 Å². The Kier molecular flexibility index (Phi) is 5.19. The van der Waals surface area contributed by atoms with Crippen LogP contribution in [-0.4, -0.2) is 45.7 Å². The molecule has 0 spiro atoms. The molecule has 8 heteroatoms. The molecule has 1 fully saturated rings. The van der Waals surface area contributed by atoms with Gasteiger partial charge in [0.25, 0.3) is 0 Å². The molecule has 26 heavy (non-hydrogen) atoms. The molecule has 2 amide bonds. The van der Waals surface area contributed by atoms with Crippen molar-refractivity contribution in [2.24, 2.45) is 0 Å². The highest BCUT2D eigenvalue weighted by atomic mass is 32.1. The fourth-order valence-electron chi connectivity index (χ4n) is 3.75. The third kappa shape index (κ3) is 3.90. The molecule has 7 nitrogen and oxygen atoms in total. The van der Waals surface area contributed by atoms with Crippen LogP contribution in [0.1, 0.15) is 58.9 Å². The average molecular weight is 375 g/mol. The first-order chi connectivity index (χ1) is 12.7. The van der Waals surface area contributed by atoms with Gasteiger partial charge < -0.3 is 14.7 Å². The summed E-state index contributed by atoms with van der Waals surface area (Å²) in [5, 5.41) is 8.21. The molecule has 2 aliphatic rings. The Labute approximate surface area is 157 Å². The first-order valence-corrected chi connectivity index (χ1v) is 10.3. The Hall–Kier alpha value is -1.96. The molecule has 1 N–H and O–H groups in total. The minimum Gasteiger partial charge on any atom is -0.340 e. The number of likely N-dealkylation sites (tertiary alicyclic amines) is 1. The fraction of sp³-hybridized carbons (Fsp3) is 0.667. The van der Waals surface area contributed by atoms with Crippen LogP contribution >= 0.6 is 11.3 Å². The number of fused-ring (bicyclic) bond motifs is 1. The lowest BCUT2D eigenvalue weighted by atomic mass is 9.98. The van der Waals surface area contributed by atoms with Crippen molar-refractivity contribution in [2.75, 3.05) is 19.6 Å². The summed E-state index contributed by atoms with van der Waals surface area (Å²) in [4.78, 5) is 24.9. The first-order valence-electron chi connectivity index (χ1n) is 9.49. The zero-order valence-corrected chi connectivity index (χ0v) is 16.0. The molecule has 1 aliphatic heterocycles. The third-order valence-corrected chi connectivity index (χ3v) is 6.34. The first kappa shape index (κ1) is 17.5. The highest BCUT2D eigenvalue weighted by Crippen LogP contribution is 2.27. The van der Waals surface area contributed by atoms with Crippen LogP contribution in [0, 0.1) is 6.92 Å². The van der Waals surface area contributed by atoms with E-state index in [0.717, 1.165) is 37.2 Å². The Morgan fingerprint density at radius 1 is 1.31 bits per heavy atom. The van der Waals surface area contributed by atoms with Gasteiger partial charge in [0.15, 0.2) is 5.82 Å². The lowest BCUT2D eigenvalue weighted by Gasteiger charge is -2.31. The maximum Gasteiger partial charge on any atom is 0.317 e. The normalized spacial score (nSPS) is 20.0. The van der Waals surface area contributed by atoms with Crippen LogP contribution < -0.4 is 5.32 Å². The monoisotopic (exact) mass is 375 g/mol. The zero-order valence-electron chi connectivity index (χ0n) is 15.2. The number of carbonyl (C=O) groups excluding carboxylic acids is 1. The number of urea groups is 1. The molecule has 1 atom stereocenters. The lowest BCUT2D eigenvalue weighted by molar-refractivity contribution is 0.178. The zero-order chi connectivity index (χ0) is 17.9. The summed E-state index contributed by atoms with van der Waals surface area (Å²) in [6, 6.07) is -0.00348. The molecule has 2 aromatic rings. The van der Waals surface area contributed by atoms with Crippen LogP contribution in [0.25, 0.3) is 0 Å². The second-order valence-corrected chi connectivity index (χ2v) is 8.29. The molecule has 3 heterocycles. The molecule has 0 bridgehead atoms. The van der Waals surface area contributed by atoms with Crippen molar-refractivity contribution in [3.63, 3.8) is 0 Å². The molecule has 140 valence electrons. The molecule has 4 rings (SSSR count). The molecule has 1 saturated heterocycles. The second kappa shape index (κ2) is 7.73. The Balaban J connectivity index is 1.27. The van der Waals surface area contributed by atoms with Crippen molar-refractivity contribution in [1.29, 1.82) is 0 Å². The number of aryl methyl sites for hydroxylation is 3. The van der Waals surface area contributed by atoms with E-state index in [2.05, 4.69) is 15.5 Å². The Morgan fingerprint density at radius 2 is 2.19 bits per heavy atom. The topological polar surface area (TPSA) is 84.2 Å². The van der Waals surface area contributed by atoms with Crippen LogP contribution in [0.3, 0.4) is 0 Å². The van der Waals surface area contributed by atoms with Crippen molar-refractivity contribution in [2.45, 2.75) is 57.8 Å². The van der Waals surface area contributed by atoms with Gasteiger partial charge in [0, 0.05) is 43.8 Å². The van der Waals surface area contributed by atoms with E-state index >= 15 is 0 Å². The SMILES string of the molecule is Cc1nc([C@@H]2CCCN(C(=O)NCCc3nc4c(s3)CCCC4)C2)no1.